The van der Waals surface area contributed by atoms with Gasteiger partial charge in [0.2, 0.25) is 0 Å². The average Bonchev–Trinajstić information content (AvgIpc) is 2.43. The minimum Gasteiger partial charge on any atom is -0.496 e. The Hall–Kier alpha value is -1.31. The molecule has 13 heavy (non-hydrogen) atoms. The summed E-state index contributed by atoms with van der Waals surface area (Å²) in [5.41, 5.74) is 1.92. The van der Waals surface area contributed by atoms with Crippen molar-refractivity contribution in [2.75, 3.05) is 7.11 Å². The zero-order valence-corrected chi connectivity index (χ0v) is 7.83. The highest BCUT2D eigenvalue weighted by molar-refractivity contribution is 6.03. The zero-order valence-electron chi connectivity index (χ0n) is 7.83. The van der Waals surface area contributed by atoms with E-state index in [1.807, 2.05) is 18.2 Å². The van der Waals surface area contributed by atoms with Gasteiger partial charge < -0.3 is 4.74 Å². The standard InChI is InChI=1S/C11H12O2/c1-7-6-9(12)11-8(7)4-3-5-10(11)13-2/h3-5,7H,6H2,1-2H3. The number of hydrogen-bond donors (Lipinski definition) is 0. The molecule has 0 saturated heterocycles. The highest BCUT2D eigenvalue weighted by Crippen LogP contribution is 2.37. The third-order valence-corrected chi connectivity index (χ3v) is 2.58. The van der Waals surface area contributed by atoms with Crippen molar-refractivity contribution in [3.05, 3.63) is 29.3 Å². The van der Waals surface area contributed by atoms with Gasteiger partial charge >= 0.3 is 0 Å². The maximum Gasteiger partial charge on any atom is 0.167 e. The maximum absolute atomic E-state index is 11.6. The van der Waals surface area contributed by atoms with Crippen molar-refractivity contribution < 1.29 is 9.53 Å². The number of methoxy groups -OCH3 is 1. The van der Waals surface area contributed by atoms with Gasteiger partial charge in [-0.2, -0.15) is 0 Å². The monoisotopic (exact) mass is 176 g/mol. The Bertz CT molecular complexity index is 355. The fraction of sp³-hybridized carbons (Fsp3) is 0.364. The number of Topliss-reactive ketones (excluding diaryl/α,β-unsaturated/α-hetero) is 1. The molecule has 0 fully saturated rings. The molecule has 2 nitrogen and oxygen atoms in total. The van der Waals surface area contributed by atoms with Crippen LogP contribution in [0.5, 0.6) is 5.75 Å². The van der Waals surface area contributed by atoms with Crippen molar-refractivity contribution in [2.24, 2.45) is 0 Å². The zero-order chi connectivity index (χ0) is 9.42. The molecule has 0 radical (unpaired) electrons. The van der Waals surface area contributed by atoms with Crippen molar-refractivity contribution >= 4 is 5.78 Å². The first-order chi connectivity index (χ1) is 6.24. The molecule has 2 heteroatoms. The molecule has 0 amide bonds. The van der Waals surface area contributed by atoms with Crippen molar-refractivity contribution in [3.63, 3.8) is 0 Å². The average molecular weight is 176 g/mol. The molecule has 0 N–H and O–H groups in total. The largest absolute Gasteiger partial charge is 0.496 e. The summed E-state index contributed by atoms with van der Waals surface area (Å²) in [4.78, 5) is 11.6. The van der Waals surface area contributed by atoms with Crippen molar-refractivity contribution in [1.82, 2.24) is 0 Å². The van der Waals surface area contributed by atoms with Gasteiger partial charge in [0, 0.05) is 6.42 Å². The lowest BCUT2D eigenvalue weighted by Gasteiger charge is -2.06. The highest BCUT2D eigenvalue weighted by atomic mass is 16.5. The summed E-state index contributed by atoms with van der Waals surface area (Å²) in [7, 11) is 1.60. The molecular formula is C11H12O2. The lowest BCUT2D eigenvalue weighted by Crippen LogP contribution is -1.96. The van der Waals surface area contributed by atoms with E-state index in [-0.39, 0.29) is 5.78 Å². The van der Waals surface area contributed by atoms with E-state index in [2.05, 4.69) is 6.92 Å². The third kappa shape index (κ3) is 1.13. The molecule has 1 atom stereocenters. The lowest BCUT2D eigenvalue weighted by molar-refractivity contribution is 0.0987. The lowest BCUT2D eigenvalue weighted by atomic mass is 10.0. The van der Waals surface area contributed by atoms with E-state index >= 15 is 0 Å². The van der Waals surface area contributed by atoms with Gasteiger partial charge in [-0.15, -0.1) is 0 Å². The van der Waals surface area contributed by atoms with Gasteiger partial charge in [-0.05, 0) is 17.5 Å². The van der Waals surface area contributed by atoms with Crippen LogP contribution in [0.3, 0.4) is 0 Å². The first kappa shape index (κ1) is 8.30. The van der Waals surface area contributed by atoms with Crippen LogP contribution < -0.4 is 4.74 Å². The summed E-state index contributed by atoms with van der Waals surface area (Å²) in [5, 5.41) is 0. The SMILES string of the molecule is COc1cccc2c1C(=O)CC2C. The van der Waals surface area contributed by atoms with Crippen molar-refractivity contribution in [3.8, 4) is 5.75 Å². The second-order valence-corrected chi connectivity index (χ2v) is 3.45. The number of ketones is 1. The number of hydrogen-bond acceptors (Lipinski definition) is 2. The maximum atomic E-state index is 11.6. The number of fused-ring (bicyclic) bond motifs is 1. The molecule has 68 valence electrons. The Morgan fingerprint density at radius 2 is 2.23 bits per heavy atom. The number of ether oxygens (including phenoxy) is 1. The summed E-state index contributed by atoms with van der Waals surface area (Å²) in [5.74, 6) is 1.27. The van der Waals surface area contributed by atoms with Gasteiger partial charge in [-0.25, -0.2) is 0 Å². The van der Waals surface area contributed by atoms with Crippen LogP contribution in [0.25, 0.3) is 0 Å². The molecule has 0 aromatic heterocycles. The number of carbonyl (C=O) groups excluding carboxylic acids is 1. The number of carbonyl (C=O) groups is 1. The molecule has 0 bridgehead atoms. The summed E-state index contributed by atoms with van der Waals surface area (Å²) in [6.45, 7) is 2.07. The summed E-state index contributed by atoms with van der Waals surface area (Å²) < 4.78 is 5.15. The smallest absolute Gasteiger partial charge is 0.167 e. The van der Waals surface area contributed by atoms with Crippen LogP contribution >= 0.6 is 0 Å². The van der Waals surface area contributed by atoms with E-state index in [0.29, 0.717) is 18.1 Å². The summed E-state index contributed by atoms with van der Waals surface area (Å²) in [6.07, 6.45) is 0.621. The Labute approximate surface area is 77.5 Å². The van der Waals surface area contributed by atoms with Crippen molar-refractivity contribution in [1.29, 1.82) is 0 Å². The van der Waals surface area contributed by atoms with Crippen LogP contribution in [0.2, 0.25) is 0 Å². The van der Waals surface area contributed by atoms with Gasteiger partial charge in [0.25, 0.3) is 0 Å². The van der Waals surface area contributed by atoms with E-state index in [9.17, 15) is 4.79 Å². The van der Waals surface area contributed by atoms with E-state index < -0.39 is 0 Å². The highest BCUT2D eigenvalue weighted by Gasteiger charge is 2.28. The van der Waals surface area contributed by atoms with Crippen molar-refractivity contribution in [2.45, 2.75) is 19.3 Å². The first-order valence-corrected chi connectivity index (χ1v) is 4.44. The first-order valence-electron chi connectivity index (χ1n) is 4.44. The second-order valence-electron chi connectivity index (χ2n) is 3.45. The molecular weight excluding hydrogens is 164 g/mol. The normalized spacial score (nSPS) is 20.2. The molecule has 1 unspecified atom stereocenters. The molecule has 1 aliphatic rings. The minimum absolute atomic E-state index is 0.208. The molecule has 1 aromatic carbocycles. The van der Waals surface area contributed by atoms with Gasteiger partial charge in [0.1, 0.15) is 5.75 Å². The third-order valence-electron chi connectivity index (χ3n) is 2.58. The Kier molecular flexibility index (Phi) is 1.83. The Morgan fingerprint density at radius 1 is 1.46 bits per heavy atom. The molecule has 0 spiro atoms. The molecule has 0 saturated carbocycles. The predicted molar refractivity (Wildman–Crippen MR) is 50.4 cm³/mol. The van der Waals surface area contributed by atoms with Crippen LogP contribution in [0, 0.1) is 0 Å². The fourth-order valence-corrected chi connectivity index (χ4v) is 1.92. The quantitative estimate of drug-likeness (QED) is 0.656. The molecule has 0 aliphatic heterocycles. The van der Waals surface area contributed by atoms with Gasteiger partial charge in [-0.3, -0.25) is 4.79 Å². The molecule has 1 aliphatic carbocycles. The van der Waals surface area contributed by atoms with Gasteiger partial charge in [-0.1, -0.05) is 19.1 Å². The Morgan fingerprint density at radius 3 is 2.92 bits per heavy atom. The second kappa shape index (κ2) is 2.87. The molecule has 0 heterocycles. The van der Waals surface area contributed by atoms with Gasteiger partial charge in [0.15, 0.2) is 5.78 Å². The number of benzene rings is 1. The minimum atomic E-state index is 0.208. The van der Waals surface area contributed by atoms with Gasteiger partial charge in [0.05, 0.1) is 12.7 Å². The topological polar surface area (TPSA) is 26.3 Å². The molecule has 2 rings (SSSR count). The van der Waals surface area contributed by atoms with Crippen LogP contribution in [-0.4, -0.2) is 12.9 Å². The Balaban J connectivity index is 2.62. The predicted octanol–water partition coefficient (Wildman–Crippen LogP) is 2.39. The van der Waals surface area contributed by atoms with E-state index in [4.69, 9.17) is 4.74 Å². The van der Waals surface area contributed by atoms with Crippen LogP contribution in [0.4, 0.5) is 0 Å². The van der Waals surface area contributed by atoms with Crippen LogP contribution in [-0.2, 0) is 0 Å². The van der Waals surface area contributed by atoms with E-state index in [0.717, 1.165) is 11.1 Å². The fourth-order valence-electron chi connectivity index (χ4n) is 1.92. The van der Waals surface area contributed by atoms with E-state index in [1.54, 1.807) is 7.11 Å². The van der Waals surface area contributed by atoms with Crippen LogP contribution in [0.1, 0.15) is 35.2 Å². The van der Waals surface area contributed by atoms with Crippen LogP contribution in [0.15, 0.2) is 18.2 Å². The van der Waals surface area contributed by atoms with E-state index in [1.165, 1.54) is 0 Å². The number of rotatable bonds is 1. The summed E-state index contributed by atoms with van der Waals surface area (Å²) >= 11 is 0. The molecule has 1 aromatic rings. The summed E-state index contributed by atoms with van der Waals surface area (Å²) in [6, 6.07) is 5.79.